The van der Waals surface area contributed by atoms with Crippen LogP contribution in [-0.2, 0) is 6.54 Å². The van der Waals surface area contributed by atoms with Gasteiger partial charge < -0.3 is 20.4 Å². The van der Waals surface area contributed by atoms with Crippen molar-refractivity contribution in [1.29, 1.82) is 0 Å². The number of halogens is 1. The number of thiazole rings is 1. The van der Waals surface area contributed by atoms with Gasteiger partial charge in [0.1, 0.15) is 5.82 Å². The Hall–Kier alpha value is -2.35. The summed E-state index contributed by atoms with van der Waals surface area (Å²) in [5, 5.41) is 9.87. The first-order chi connectivity index (χ1) is 13.0. The first kappa shape index (κ1) is 19.4. The van der Waals surface area contributed by atoms with Crippen LogP contribution in [0.3, 0.4) is 0 Å². The molecule has 1 fully saturated rings. The molecular formula is C19H27FN6S. The second-order valence-electron chi connectivity index (χ2n) is 6.85. The minimum Gasteiger partial charge on any atom is -0.369 e. The lowest BCUT2D eigenvalue weighted by Crippen LogP contribution is -2.51. The first-order valence-corrected chi connectivity index (χ1v) is 10.0. The lowest BCUT2D eigenvalue weighted by atomic mass is 10.0. The Balaban J connectivity index is 1.54. The number of nitrogens with one attached hydrogen (secondary N) is 2. The van der Waals surface area contributed by atoms with Gasteiger partial charge in [-0.05, 0) is 31.0 Å². The maximum absolute atomic E-state index is 13.5. The predicted octanol–water partition coefficient (Wildman–Crippen LogP) is 2.68. The Bertz CT molecular complexity index is 775. The number of hydrogen-bond acceptors (Lipinski definition) is 5. The topological polar surface area (TPSA) is 55.8 Å². The average molecular weight is 391 g/mol. The minimum absolute atomic E-state index is 0.194. The third-order valence-electron chi connectivity index (χ3n) is 4.52. The summed E-state index contributed by atoms with van der Waals surface area (Å²) < 4.78 is 13.5. The number of guanidine groups is 1. The van der Waals surface area contributed by atoms with Gasteiger partial charge in [0.15, 0.2) is 11.1 Å². The molecule has 0 radical (unpaired) electrons. The van der Waals surface area contributed by atoms with Crippen LogP contribution in [-0.4, -0.2) is 51.2 Å². The predicted molar refractivity (Wildman–Crippen MR) is 111 cm³/mol. The summed E-state index contributed by atoms with van der Waals surface area (Å²) in [6, 6.07) is 7.07. The van der Waals surface area contributed by atoms with Crippen LogP contribution in [0.25, 0.3) is 0 Å². The fourth-order valence-electron chi connectivity index (χ4n) is 3.15. The third kappa shape index (κ3) is 5.32. The van der Waals surface area contributed by atoms with E-state index in [-0.39, 0.29) is 11.9 Å². The van der Waals surface area contributed by atoms with Crippen LogP contribution in [0.1, 0.15) is 18.5 Å². The Morgan fingerprint density at radius 3 is 3.00 bits per heavy atom. The summed E-state index contributed by atoms with van der Waals surface area (Å²) in [6.45, 7) is 2.40. The number of aromatic nitrogens is 1. The van der Waals surface area contributed by atoms with E-state index in [4.69, 9.17) is 0 Å². The van der Waals surface area contributed by atoms with Gasteiger partial charge in [-0.2, -0.15) is 0 Å². The molecule has 1 aliphatic heterocycles. The molecular weight excluding hydrogens is 363 g/mol. The zero-order valence-electron chi connectivity index (χ0n) is 16.1. The van der Waals surface area contributed by atoms with E-state index in [1.165, 1.54) is 6.07 Å². The smallest absolute Gasteiger partial charge is 0.191 e. The maximum atomic E-state index is 13.5. The second kappa shape index (κ2) is 9.03. The molecule has 2 heterocycles. The number of piperidine rings is 1. The van der Waals surface area contributed by atoms with E-state index >= 15 is 0 Å². The van der Waals surface area contributed by atoms with Crippen molar-refractivity contribution in [3.8, 4) is 0 Å². The minimum atomic E-state index is -0.194. The summed E-state index contributed by atoms with van der Waals surface area (Å²) >= 11 is 1.63. The molecule has 0 saturated carbocycles. The van der Waals surface area contributed by atoms with E-state index in [9.17, 15) is 4.39 Å². The summed E-state index contributed by atoms with van der Waals surface area (Å²) in [5.74, 6) is 0.570. The molecule has 1 saturated heterocycles. The molecule has 2 aromatic rings. The standard InChI is InChI=1S/C19H27FN6S/c1-21-18(22-11-16-13-27-19(24-16)25(2)3)23-15-7-5-9-26(12-15)17-8-4-6-14(20)10-17/h4,6,8,10,13,15H,5,7,9,11-12H2,1-3H3,(H2,21,22,23). The molecule has 146 valence electrons. The van der Waals surface area contributed by atoms with E-state index in [1.807, 2.05) is 25.1 Å². The highest BCUT2D eigenvalue weighted by Gasteiger charge is 2.21. The van der Waals surface area contributed by atoms with E-state index in [0.717, 1.165) is 48.4 Å². The fraction of sp³-hybridized carbons (Fsp3) is 0.474. The number of anilines is 2. The molecule has 1 unspecified atom stereocenters. The molecule has 8 heteroatoms. The normalized spacial score (nSPS) is 17.7. The van der Waals surface area contributed by atoms with Gasteiger partial charge >= 0.3 is 0 Å². The van der Waals surface area contributed by atoms with Crippen LogP contribution in [0.2, 0.25) is 0 Å². The van der Waals surface area contributed by atoms with E-state index in [2.05, 4.69) is 30.9 Å². The van der Waals surface area contributed by atoms with Gasteiger partial charge in [-0.25, -0.2) is 9.37 Å². The lowest BCUT2D eigenvalue weighted by molar-refractivity contribution is 0.467. The Labute approximate surface area is 164 Å². The molecule has 1 aromatic carbocycles. The van der Waals surface area contributed by atoms with Gasteiger partial charge in [0.25, 0.3) is 0 Å². The monoisotopic (exact) mass is 390 g/mol. The van der Waals surface area contributed by atoms with Gasteiger partial charge in [-0.15, -0.1) is 11.3 Å². The van der Waals surface area contributed by atoms with Gasteiger partial charge in [0, 0.05) is 51.3 Å². The largest absolute Gasteiger partial charge is 0.369 e. The lowest BCUT2D eigenvalue weighted by Gasteiger charge is -2.35. The van der Waals surface area contributed by atoms with Crippen molar-refractivity contribution in [2.75, 3.05) is 44.0 Å². The van der Waals surface area contributed by atoms with Crippen LogP contribution < -0.4 is 20.4 Å². The Kier molecular flexibility index (Phi) is 6.49. The highest BCUT2D eigenvalue weighted by Crippen LogP contribution is 2.21. The number of benzene rings is 1. The van der Waals surface area contributed by atoms with Crippen LogP contribution in [0.5, 0.6) is 0 Å². The van der Waals surface area contributed by atoms with Crippen molar-refractivity contribution in [3.05, 3.63) is 41.2 Å². The maximum Gasteiger partial charge on any atom is 0.191 e. The summed E-state index contributed by atoms with van der Waals surface area (Å²) in [7, 11) is 5.75. The van der Waals surface area contributed by atoms with Gasteiger partial charge in [-0.1, -0.05) is 6.07 Å². The number of rotatable bonds is 5. The quantitative estimate of drug-likeness (QED) is 0.607. The fourth-order valence-corrected chi connectivity index (χ4v) is 3.91. The van der Waals surface area contributed by atoms with Crippen molar-refractivity contribution in [2.24, 2.45) is 4.99 Å². The zero-order chi connectivity index (χ0) is 19.2. The van der Waals surface area contributed by atoms with E-state index in [1.54, 1.807) is 30.5 Å². The molecule has 0 spiro atoms. The third-order valence-corrected chi connectivity index (χ3v) is 5.58. The number of aliphatic imine (C=N–C) groups is 1. The summed E-state index contributed by atoms with van der Waals surface area (Å²) in [4.78, 5) is 13.1. The van der Waals surface area contributed by atoms with Crippen molar-refractivity contribution in [2.45, 2.75) is 25.4 Å². The molecule has 0 bridgehead atoms. The van der Waals surface area contributed by atoms with Crippen molar-refractivity contribution in [1.82, 2.24) is 15.6 Å². The molecule has 3 rings (SSSR count). The zero-order valence-corrected chi connectivity index (χ0v) is 16.9. The number of hydrogen-bond donors (Lipinski definition) is 2. The van der Waals surface area contributed by atoms with E-state index < -0.39 is 0 Å². The first-order valence-electron chi connectivity index (χ1n) is 9.14. The van der Waals surface area contributed by atoms with Crippen molar-refractivity contribution < 1.29 is 4.39 Å². The molecule has 0 amide bonds. The van der Waals surface area contributed by atoms with Crippen LogP contribution in [0.15, 0.2) is 34.6 Å². The SMILES string of the molecule is CN=C(NCc1csc(N(C)C)n1)NC1CCCN(c2cccc(F)c2)C1. The molecule has 1 atom stereocenters. The van der Waals surface area contributed by atoms with Crippen molar-refractivity contribution in [3.63, 3.8) is 0 Å². The molecule has 1 aromatic heterocycles. The molecule has 6 nitrogen and oxygen atoms in total. The molecule has 2 N–H and O–H groups in total. The summed E-state index contributed by atoms with van der Waals surface area (Å²) in [6.07, 6.45) is 2.12. The van der Waals surface area contributed by atoms with Gasteiger partial charge in [0.05, 0.1) is 12.2 Å². The molecule has 0 aliphatic carbocycles. The molecule has 1 aliphatic rings. The van der Waals surface area contributed by atoms with Gasteiger partial charge in [-0.3, -0.25) is 4.99 Å². The van der Waals surface area contributed by atoms with Crippen LogP contribution in [0, 0.1) is 5.82 Å². The second-order valence-corrected chi connectivity index (χ2v) is 7.69. The van der Waals surface area contributed by atoms with E-state index in [0.29, 0.717) is 6.54 Å². The Morgan fingerprint density at radius 2 is 2.30 bits per heavy atom. The number of nitrogens with zero attached hydrogens (tertiary/aromatic N) is 4. The highest BCUT2D eigenvalue weighted by molar-refractivity contribution is 7.13. The highest BCUT2D eigenvalue weighted by atomic mass is 32.1. The van der Waals surface area contributed by atoms with Crippen molar-refractivity contribution >= 4 is 28.1 Å². The van der Waals surface area contributed by atoms with Crippen LogP contribution in [0.4, 0.5) is 15.2 Å². The van der Waals surface area contributed by atoms with Gasteiger partial charge in [0.2, 0.25) is 0 Å². The summed E-state index contributed by atoms with van der Waals surface area (Å²) in [5.41, 5.74) is 1.93. The Morgan fingerprint density at radius 1 is 1.44 bits per heavy atom. The average Bonchev–Trinajstić information content (AvgIpc) is 3.15. The molecule has 27 heavy (non-hydrogen) atoms. The van der Waals surface area contributed by atoms with Crippen LogP contribution >= 0.6 is 11.3 Å².